The van der Waals surface area contributed by atoms with Crippen molar-refractivity contribution in [3.63, 3.8) is 0 Å². The average molecular weight is 272 g/mol. The minimum Gasteiger partial charge on any atom is -0.397 e. The van der Waals surface area contributed by atoms with Crippen LogP contribution in [0.2, 0.25) is 0 Å². The Morgan fingerprint density at radius 2 is 2.05 bits per heavy atom. The molecule has 1 aliphatic rings. The summed E-state index contributed by atoms with van der Waals surface area (Å²) in [6.07, 6.45) is 7.64. The summed E-state index contributed by atoms with van der Waals surface area (Å²) < 4.78 is 0. The molecule has 0 aliphatic heterocycles. The molecule has 1 fully saturated rings. The van der Waals surface area contributed by atoms with Crippen molar-refractivity contribution in [3.05, 3.63) is 28.7 Å². The van der Waals surface area contributed by atoms with E-state index in [1.807, 2.05) is 6.07 Å². The van der Waals surface area contributed by atoms with E-state index >= 15 is 0 Å². The first-order chi connectivity index (χ1) is 9.65. The zero-order chi connectivity index (χ0) is 14.1. The van der Waals surface area contributed by atoms with E-state index in [1.54, 1.807) is 6.07 Å². The Labute approximate surface area is 117 Å². The van der Waals surface area contributed by atoms with E-state index in [9.17, 15) is 4.79 Å². The highest BCUT2D eigenvalue weighted by molar-refractivity contribution is 5.86. The standard InChI is InChI=1S/C15H20N4O/c1-19(10-5-3-2-4-6-10)14-8-12-13(7-11(14)16)18-15(20)9-17-12/h7-10H,2-6,16H2,1H3,(H,18,20). The molecule has 0 atom stereocenters. The van der Waals surface area contributed by atoms with Crippen molar-refractivity contribution in [2.24, 2.45) is 0 Å². The Bertz CT molecular complexity index is 673. The third-order valence-corrected chi connectivity index (χ3v) is 4.23. The van der Waals surface area contributed by atoms with Crippen molar-refractivity contribution in [1.82, 2.24) is 9.97 Å². The van der Waals surface area contributed by atoms with E-state index in [0.29, 0.717) is 17.2 Å². The van der Waals surface area contributed by atoms with Crippen LogP contribution in [0, 0.1) is 0 Å². The van der Waals surface area contributed by atoms with Gasteiger partial charge >= 0.3 is 0 Å². The van der Waals surface area contributed by atoms with Gasteiger partial charge in [-0.05, 0) is 25.0 Å². The molecule has 0 unspecified atom stereocenters. The van der Waals surface area contributed by atoms with Crippen LogP contribution in [0.4, 0.5) is 11.4 Å². The number of anilines is 2. The topological polar surface area (TPSA) is 75.0 Å². The predicted molar refractivity (Wildman–Crippen MR) is 82.1 cm³/mol. The van der Waals surface area contributed by atoms with Gasteiger partial charge in [0.15, 0.2) is 0 Å². The van der Waals surface area contributed by atoms with Crippen LogP contribution in [-0.4, -0.2) is 23.1 Å². The molecule has 5 heteroatoms. The van der Waals surface area contributed by atoms with E-state index in [4.69, 9.17) is 5.73 Å². The van der Waals surface area contributed by atoms with Crippen LogP contribution in [0.5, 0.6) is 0 Å². The van der Waals surface area contributed by atoms with Gasteiger partial charge < -0.3 is 15.6 Å². The quantitative estimate of drug-likeness (QED) is 0.822. The number of benzene rings is 1. The van der Waals surface area contributed by atoms with Gasteiger partial charge in [-0.2, -0.15) is 0 Å². The molecule has 1 saturated carbocycles. The van der Waals surface area contributed by atoms with Crippen LogP contribution in [-0.2, 0) is 0 Å². The number of nitrogen functional groups attached to an aromatic ring is 1. The molecule has 1 aromatic heterocycles. The number of hydrogen-bond acceptors (Lipinski definition) is 4. The smallest absolute Gasteiger partial charge is 0.266 e. The molecule has 20 heavy (non-hydrogen) atoms. The van der Waals surface area contributed by atoms with Crippen LogP contribution in [0.25, 0.3) is 11.0 Å². The molecule has 2 aromatic rings. The van der Waals surface area contributed by atoms with Gasteiger partial charge in [0.25, 0.3) is 5.56 Å². The molecule has 0 amide bonds. The van der Waals surface area contributed by atoms with E-state index in [1.165, 1.54) is 38.3 Å². The first-order valence-electron chi connectivity index (χ1n) is 7.16. The summed E-state index contributed by atoms with van der Waals surface area (Å²) in [7, 11) is 2.10. The zero-order valence-corrected chi connectivity index (χ0v) is 11.7. The van der Waals surface area contributed by atoms with Gasteiger partial charge in [0.1, 0.15) is 0 Å². The molecule has 1 heterocycles. The third-order valence-electron chi connectivity index (χ3n) is 4.23. The first kappa shape index (κ1) is 13.0. The fourth-order valence-corrected chi connectivity index (χ4v) is 3.06. The molecule has 5 nitrogen and oxygen atoms in total. The van der Waals surface area contributed by atoms with Gasteiger partial charge in [0.2, 0.25) is 0 Å². The van der Waals surface area contributed by atoms with Crippen molar-refractivity contribution in [1.29, 1.82) is 0 Å². The number of nitrogens with two attached hydrogens (primary N) is 1. The van der Waals surface area contributed by atoms with Crippen molar-refractivity contribution in [2.75, 3.05) is 17.7 Å². The van der Waals surface area contributed by atoms with Gasteiger partial charge in [-0.1, -0.05) is 19.3 Å². The first-order valence-corrected chi connectivity index (χ1v) is 7.16. The zero-order valence-electron chi connectivity index (χ0n) is 11.7. The molecular weight excluding hydrogens is 252 g/mol. The molecule has 0 bridgehead atoms. The Morgan fingerprint density at radius 3 is 2.80 bits per heavy atom. The minimum absolute atomic E-state index is 0.203. The molecule has 1 aromatic carbocycles. The van der Waals surface area contributed by atoms with Gasteiger partial charge in [0, 0.05) is 13.1 Å². The summed E-state index contributed by atoms with van der Waals surface area (Å²) in [5.41, 5.74) is 9.11. The van der Waals surface area contributed by atoms with Crippen LogP contribution in [0.1, 0.15) is 32.1 Å². The maximum absolute atomic E-state index is 11.3. The Balaban J connectivity index is 2.00. The normalized spacial score (nSPS) is 16.4. The molecule has 0 saturated heterocycles. The molecule has 3 rings (SSSR count). The molecule has 1 aliphatic carbocycles. The molecular formula is C15H20N4O. The lowest BCUT2D eigenvalue weighted by Gasteiger charge is -2.33. The number of aromatic nitrogens is 2. The Morgan fingerprint density at radius 1 is 1.30 bits per heavy atom. The predicted octanol–water partition coefficient (Wildman–Crippen LogP) is 2.27. The monoisotopic (exact) mass is 272 g/mol. The van der Waals surface area contributed by atoms with E-state index in [-0.39, 0.29) is 5.56 Å². The summed E-state index contributed by atoms with van der Waals surface area (Å²) in [5, 5.41) is 0. The molecule has 3 N–H and O–H groups in total. The molecule has 0 spiro atoms. The number of rotatable bonds is 2. The highest BCUT2D eigenvalue weighted by Gasteiger charge is 2.20. The van der Waals surface area contributed by atoms with Crippen LogP contribution >= 0.6 is 0 Å². The summed E-state index contributed by atoms with van der Waals surface area (Å²) in [6.45, 7) is 0. The van der Waals surface area contributed by atoms with Gasteiger partial charge in [-0.25, -0.2) is 4.98 Å². The van der Waals surface area contributed by atoms with Crippen molar-refractivity contribution in [3.8, 4) is 0 Å². The number of fused-ring (bicyclic) bond motifs is 1. The lowest BCUT2D eigenvalue weighted by Crippen LogP contribution is -2.33. The summed E-state index contributed by atoms with van der Waals surface area (Å²) in [4.78, 5) is 20.5. The van der Waals surface area contributed by atoms with Gasteiger partial charge in [0.05, 0.1) is 28.6 Å². The highest BCUT2D eigenvalue weighted by Crippen LogP contribution is 2.31. The van der Waals surface area contributed by atoms with Crippen LogP contribution in [0.3, 0.4) is 0 Å². The summed E-state index contributed by atoms with van der Waals surface area (Å²) in [5.74, 6) is 0. The van der Waals surface area contributed by atoms with Crippen molar-refractivity contribution < 1.29 is 0 Å². The summed E-state index contributed by atoms with van der Waals surface area (Å²) >= 11 is 0. The van der Waals surface area contributed by atoms with Crippen LogP contribution in [0.15, 0.2) is 23.1 Å². The Hall–Kier alpha value is -2.04. The van der Waals surface area contributed by atoms with Crippen molar-refractivity contribution in [2.45, 2.75) is 38.1 Å². The van der Waals surface area contributed by atoms with Gasteiger partial charge in [-0.3, -0.25) is 4.79 Å². The maximum atomic E-state index is 11.3. The van der Waals surface area contributed by atoms with E-state index in [2.05, 4.69) is 21.9 Å². The second kappa shape index (κ2) is 5.15. The molecule has 106 valence electrons. The van der Waals surface area contributed by atoms with E-state index in [0.717, 1.165) is 11.2 Å². The largest absolute Gasteiger partial charge is 0.397 e. The van der Waals surface area contributed by atoms with Crippen LogP contribution < -0.4 is 16.2 Å². The second-order valence-electron chi connectivity index (χ2n) is 5.58. The maximum Gasteiger partial charge on any atom is 0.266 e. The number of nitrogens with one attached hydrogen (secondary N) is 1. The number of nitrogens with zero attached hydrogens (tertiary/aromatic N) is 2. The minimum atomic E-state index is -0.203. The third kappa shape index (κ3) is 2.35. The second-order valence-corrected chi connectivity index (χ2v) is 5.58. The van der Waals surface area contributed by atoms with Crippen molar-refractivity contribution >= 4 is 22.4 Å². The number of aromatic amines is 1. The fourth-order valence-electron chi connectivity index (χ4n) is 3.06. The fraction of sp³-hybridized carbons (Fsp3) is 0.467. The average Bonchev–Trinajstić information content (AvgIpc) is 2.46. The lowest BCUT2D eigenvalue weighted by atomic mass is 9.94. The number of hydrogen-bond donors (Lipinski definition) is 2. The lowest BCUT2D eigenvalue weighted by molar-refractivity contribution is 0.428. The number of H-pyrrole nitrogens is 1. The Kier molecular flexibility index (Phi) is 3.34. The summed E-state index contributed by atoms with van der Waals surface area (Å²) in [6, 6.07) is 4.32. The highest BCUT2D eigenvalue weighted by atomic mass is 16.1. The van der Waals surface area contributed by atoms with Gasteiger partial charge in [-0.15, -0.1) is 0 Å². The van der Waals surface area contributed by atoms with E-state index < -0.39 is 0 Å². The SMILES string of the molecule is CN(c1cc2ncc(=O)[nH]c2cc1N)C1CCCCC1. The molecule has 0 radical (unpaired) electrons.